The molecule has 0 saturated heterocycles. The van der Waals surface area contributed by atoms with E-state index < -0.39 is 0 Å². The number of hydrogen-bond acceptors (Lipinski definition) is 3. The highest BCUT2D eigenvalue weighted by molar-refractivity contribution is 5.21. The lowest BCUT2D eigenvalue weighted by atomic mass is 10.00. The Labute approximate surface area is 111 Å². The maximum Gasteiger partial charge on any atom is 0.108 e. The predicted molar refractivity (Wildman–Crippen MR) is 76.1 cm³/mol. The Kier molecular flexibility index (Phi) is 7.78. The molecule has 0 bridgehead atoms. The van der Waals surface area contributed by atoms with Gasteiger partial charge >= 0.3 is 0 Å². The summed E-state index contributed by atoms with van der Waals surface area (Å²) in [6, 6.07) is 2.28. The standard InChI is InChI=1S/C15H28N2O/c1-3-5-6-7-8-9-10-14(17-16)13-11-12-18-15(13)4-2/h11-12,14,17H,3-10,16H2,1-2H3. The van der Waals surface area contributed by atoms with Gasteiger partial charge in [0.2, 0.25) is 0 Å². The lowest BCUT2D eigenvalue weighted by molar-refractivity contribution is 0.455. The number of hydrazine groups is 1. The Balaban J connectivity index is 2.29. The summed E-state index contributed by atoms with van der Waals surface area (Å²) in [7, 11) is 0. The summed E-state index contributed by atoms with van der Waals surface area (Å²) in [4.78, 5) is 0. The smallest absolute Gasteiger partial charge is 0.108 e. The van der Waals surface area contributed by atoms with Gasteiger partial charge in [-0.25, -0.2) is 0 Å². The van der Waals surface area contributed by atoms with Gasteiger partial charge in [0.25, 0.3) is 0 Å². The lowest BCUT2D eigenvalue weighted by Crippen LogP contribution is -2.28. The number of hydrogen-bond donors (Lipinski definition) is 2. The van der Waals surface area contributed by atoms with Crippen molar-refractivity contribution < 1.29 is 4.42 Å². The minimum Gasteiger partial charge on any atom is -0.469 e. The fraction of sp³-hybridized carbons (Fsp3) is 0.733. The van der Waals surface area contributed by atoms with E-state index in [0.717, 1.165) is 18.6 Å². The summed E-state index contributed by atoms with van der Waals surface area (Å²) in [6.07, 6.45) is 11.7. The van der Waals surface area contributed by atoms with Gasteiger partial charge in [-0.05, 0) is 12.5 Å². The van der Waals surface area contributed by atoms with E-state index in [1.807, 2.05) is 6.07 Å². The summed E-state index contributed by atoms with van der Waals surface area (Å²) in [5, 5.41) is 0. The zero-order valence-corrected chi connectivity index (χ0v) is 11.9. The van der Waals surface area contributed by atoms with Crippen LogP contribution in [-0.2, 0) is 6.42 Å². The highest BCUT2D eigenvalue weighted by Crippen LogP contribution is 2.24. The van der Waals surface area contributed by atoms with E-state index >= 15 is 0 Å². The predicted octanol–water partition coefficient (Wildman–Crippen LogP) is 4.10. The first-order valence-corrected chi connectivity index (χ1v) is 7.35. The van der Waals surface area contributed by atoms with Crippen molar-refractivity contribution >= 4 is 0 Å². The van der Waals surface area contributed by atoms with Crippen molar-refractivity contribution in [2.75, 3.05) is 0 Å². The van der Waals surface area contributed by atoms with Crippen molar-refractivity contribution in [3.05, 3.63) is 23.7 Å². The molecule has 0 fully saturated rings. The first-order chi connectivity index (χ1) is 8.83. The van der Waals surface area contributed by atoms with Gasteiger partial charge in [-0.2, -0.15) is 0 Å². The number of nitrogens with one attached hydrogen (secondary N) is 1. The molecule has 3 N–H and O–H groups in total. The summed E-state index contributed by atoms with van der Waals surface area (Å²) in [5.41, 5.74) is 4.15. The Morgan fingerprint density at radius 3 is 2.56 bits per heavy atom. The minimum atomic E-state index is 0.241. The van der Waals surface area contributed by atoms with Gasteiger partial charge in [0.1, 0.15) is 5.76 Å². The van der Waals surface area contributed by atoms with Gasteiger partial charge < -0.3 is 4.42 Å². The van der Waals surface area contributed by atoms with Gasteiger partial charge in [-0.15, -0.1) is 0 Å². The second-order valence-electron chi connectivity index (χ2n) is 4.93. The number of furan rings is 1. The van der Waals surface area contributed by atoms with Crippen LogP contribution in [-0.4, -0.2) is 0 Å². The fourth-order valence-electron chi connectivity index (χ4n) is 2.41. The summed E-state index contributed by atoms with van der Waals surface area (Å²) < 4.78 is 5.46. The average Bonchev–Trinajstić information content (AvgIpc) is 2.86. The maximum atomic E-state index is 5.66. The van der Waals surface area contributed by atoms with Crippen LogP contribution in [0.3, 0.4) is 0 Å². The molecule has 3 heteroatoms. The number of unbranched alkanes of at least 4 members (excludes halogenated alkanes) is 5. The Hall–Kier alpha value is -0.800. The molecule has 1 atom stereocenters. The molecule has 0 aliphatic rings. The van der Waals surface area contributed by atoms with E-state index in [4.69, 9.17) is 10.3 Å². The molecule has 0 saturated carbocycles. The summed E-state index contributed by atoms with van der Waals surface area (Å²) in [6.45, 7) is 4.36. The SMILES string of the molecule is CCCCCCCCC(NN)c1ccoc1CC. The topological polar surface area (TPSA) is 51.2 Å². The second-order valence-corrected chi connectivity index (χ2v) is 4.93. The van der Waals surface area contributed by atoms with Crippen molar-refractivity contribution in [3.63, 3.8) is 0 Å². The normalized spacial score (nSPS) is 12.8. The van der Waals surface area contributed by atoms with Crippen molar-refractivity contribution in [2.45, 2.75) is 71.3 Å². The van der Waals surface area contributed by atoms with E-state index in [9.17, 15) is 0 Å². The van der Waals surface area contributed by atoms with Crippen LogP contribution in [0.5, 0.6) is 0 Å². The fourth-order valence-corrected chi connectivity index (χ4v) is 2.41. The molecule has 0 radical (unpaired) electrons. The van der Waals surface area contributed by atoms with Crippen molar-refractivity contribution in [1.29, 1.82) is 0 Å². The molecule has 0 spiro atoms. The zero-order valence-electron chi connectivity index (χ0n) is 11.9. The molecule has 1 rings (SSSR count). The third kappa shape index (κ3) is 4.83. The number of nitrogens with two attached hydrogens (primary N) is 1. The zero-order chi connectivity index (χ0) is 13.2. The van der Waals surface area contributed by atoms with Gasteiger partial charge in [0.15, 0.2) is 0 Å². The van der Waals surface area contributed by atoms with Gasteiger partial charge in [0.05, 0.1) is 6.26 Å². The maximum absolute atomic E-state index is 5.66. The third-order valence-corrected chi connectivity index (χ3v) is 3.52. The molecule has 0 aliphatic carbocycles. The van der Waals surface area contributed by atoms with Gasteiger partial charge in [-0.1, -0.05) is 52.4 Å². The minimum absolute atomic E-state index is 0.241. The second kappa shape index (κ2) is 9.17. The Morgan fingerprint density at radius 2 is 1.89 bits per heavy atom. The van der Waals surface area contributed by atoms with Gasteiger partial charge in [-0.3, -0.25) is 11.3 Å². The number of aryl methyl sites for hydroxylation is 1. The quantitative estimate of drug-likeness (QED) is 0.374. The molecule has 0 amide bonds. The molecule has 1 heterocycles. The van der Waals surface area contributed by atoms with E-state index in [-0.39, 0.29) is 6.04 Å². The monoisotopic (exact) mass is 252 g/mol. The first-order valence-electron chi connectivity index (χ1n) is 7.35. The molecular weight excluding hydrogens is 224 g/mol. The molecular formula is C15H28N2O. The Bertz CT molecular complexity index is 309. The van der Waals surface area contributed by atoms with Crippen molar-refractivity contribution in [3.8, 4) is 0 Å². The lowest BCUT2D eigenvalue weighted by Gasteiger charge is -2.15. The van der Waals surface area contributed by atoms with E-state index in [1.54, 1.807) is 6.26 Å². The van der Waals surface area contributed by atoms with Crippen LogP contribution in [0.2, 0.25) is 0 Å². The molecule has 3 nitrogen and oxygen atoms in total. The molecule has 1 aromatic rings. The molecule has 18 heavy (non-hydrogen) atoms. The number of rotatable bonds is 10. The molecule has 1 unspecified atom stereocenters. The van der Waals surface area contributed by atoms with Crippen LogP contribution in [0.1, 0.15) is 76.2 Å². The highest BCUT2D eigenvalue weighted by Gasteiger charge is 2.15. The van der Waals surface area contributed by atoms with Crippen LogP contribution < -0.4 is 11.3 Å². The van der Waals surface area contributed by atoms with Crippen LogP contribution in [0, 0.1) is 0 Å². The molecule has 104 valence electrons. The molecule has 1 aromatic heterocycles. The molecule has 0 aromatic carbocycles. The van der Waals surface area contributed by atoms with E-state index in [0.29, 0.717) is 0 Å². The largest absolute Gasteiger partial charge is 0.469 e. The molecule has 0 aliphatic heterocycles. The van der Waals surface area contributed by atoms with Crippen LogP contribution in [0.25, 0.3) is 0 Å². The first kappa shape index (κ1) is 15.3. The Morgan fingerprint density at radius 1 is 1.17 bits per heavy atom. The van der Waals surface area contributed by atoms with Gasteiger partial charge in [0, 0.05) is 18.0 Å². The summed E-state index contributed by atoms with van der Waals surface area (Å²) in [5.74, 6) is 6.72. The van der Waals surface area contributed by atoms with Crippen molar-refractivity contribution in [1.82, 2.24) is 5.43 Å². The van der Waals surface area contributed by atoms with Crippen molar-refractivity contribution in [2.24, 2.45) is 5.84 Å². The van der Waals surface area contributed by atoms with Crippen LogP contribution >= 0.6 is 0 Å². The summed E-state index contributed by atoms with van der Waals surface area (Å²) >= 11 is 0. The van der Waals surface area contributed by atoms with Crippen LogP contribution in [0.4, 0.5) is 0 Å². The van der Waals surface area contributed by atoms with Crippen LogP contribution in [0.15, 0.2) is 16.7 Å². The highest BCUT2D eigenvalue weighted by atomic mass is 16.3. The van der Waals surface area contributed by atoms with E-state index in [1.165, 1.54) is 44.1 Å². The third-order valence-electron chi connectivity index (χ3n) is 3.52. The van der Waals surface area contributed by atoms with E-state index in [2.05, 4.69) is 19.3 Å². The average molecular weight is 252 g/mol.